The van der Waals surface area contributed by atoms with Crippen LogP contribution in [-0.4, -0.2) is 47.9 Å². The zero-order valence-electron chi connectivity index (χ0n) is 14.4. The first-order valence-electron chi connectivity index (χ1n) is 7.98. The fourth-order valence-corrected chi connectivity index (χ4v) is 3.14. The number of nitrogens with one attached hydrogen (secondary N) is 2. The largest absolute Gasteiger partial charge is 0.497 e. The second kappa shape index (κ2) is 8.33. The van der Waals surface area contributed by atoms with Gasteiger partial charge in [-0.3, -0.25) is 14.9 Å². The Kier molecular flexibility index (Phi) is 5.68. The zero-order valence-corrected chi connectivity index (χ0v) is 15.2. The molecule has 1 aromatic carbocycles. The highest BCUT2D eigenvalue weighted by molar-refractivity contribution is 7.10. The molecule has 2 heterocycles. The summed E-state index contributed by atoms with van der Waals surface area (Å²) in [7, 11) is 1.54. The molecule has 2 aromatic rings. The maximum atomic E-state index is 12.7. The molecule has 0 radical (unpaired) electrons. The van der Waals surface area contributed by atoms with E-state index in [1.165, 1.54) is 11.3 Å². The van der Waals surface area contributed by atoms with E-state index in [1.807, 2.05) is 11.4 Å². The number of urea groups is 1. The lowest BCUT2D eigenvalue weighted by atomic mass is 10.1. The Morgan fingerprint density at radius 2 is 2.37 bits per heavy atom. The fraction of sp³-hybridized carbons (Fsp3) is 0.222. The summed E-state index contributed by atoms with van der Waals surface area (Å²) in [5, 5.41) is 6.97. The lowest BCUT2D eigenvalue weighted by molar-refractivity contribution is -0.108. The summed E-state index contributed by atoms with van der Waals surface area (Å²) in [5.74, 6) is 6.21. The summed E-state index contributed by atoms with van der Waals surface area (Å²) in [4.78, 5) is 40.5. The van der Waals surface area contributed by atoms with Gasteiger partial charge in [-0.1, -0.05) is 12.0 Å². The van der Waals surface area contributed by atoms with Crippen molar-refractivity contribution in [3.63, 3.8) is 0 Å². The summed E-state index contributed by atoms with van der Waals surface area (Å²) in [6, 6.07) is 3.98. The van der Waals surface area contributed by atoms with E-state index in [2.05, 4.69) is 22.1 Å². The van der Waals surface area contributed by atoms with E-state index in [1.54, 1.807) is 35.7 Å². The SMILES string of the molecule is COc1ccc2c(c1)C(=O)N(C[C@@H](C#Cc1nccs1)NC(=O)NC=O)C2. The van der Waals surface area contributed by atoms with Gasteiger partial charge >= 0.3 is 6.03 Å². The summed E-state index contributed by atoms with van der Waals surface area (Å²) in [6.07, 6.45) is 1.91. The van der Waals surface area contributed by atoms with Crippen LogP contribution in [0.2, 0.25) is 0 Å². The van der Waals surface area contributed by atoms with Crippen molar-refractivity contribution in [1.82, 2.24) is 20.5 Å². The molecular weight excluding hydrogens is 368 g/mol. The summed E-state index contributed by atoms with van der Waals surface area (Å²) in [5.41, 5.74) is 1.45. The second-order valence-corrected chi connectivity index (χ2v) is 6.50. The lowest BCUT2D eigenvalue weighted by Gasteiger charge is -2.20. The molecule has 1 aliphatic heterocycles. The van der Waals surface area contributed by atoms with Crippen LogP contribution in [0.4, 0.5) is 4.79 Å². The molecule has 1 aliphatic rings. The highest BCUT2D eigenvalue weighted by atomic mass is 32.1. The van der Waals surface area contributed by atoms with Gasteiger partial charge in [0.05, 0.1) is 13.7 Å². The third kappa shape index (κ3) is 4.43. The van der Waals surface area contributed by atoms with Gasteiger partial charge in [-0.25, -0.2) is 9.78 Å². The lowest BCUT2D eigenvalue weighted by Crippen LogP contribution is -2.46. The van der Waals surface area contributed by atoms with Gasteiger partial charge in [0.1, 0.15) is 11.8 Å². The molecule has 8 nitrogen and oxygen atoms in total. The number of carbonyl (C=O) groups excluding carboxylic acids is 3. The van der Waals surface area contributed by atoms with Gasteiger partial charge in [-0.05, 0) is 23.6 Å². The van der Waals surface area contributed by atoms with Crippen LogP contribution >= 0.6 is 11.3 Å². The number of thiazole rings is 1. The first-order valence-corrected chi connectivity index (χ1v) is 8.86. The Bertz CT molecular complexity index is 917. The smallest absolute Gasteiger partial charge is 0.322 e. The van der Waals surface area contributed by atoms with Crippen LogP contribution in [0.5, 0.6) is 5.75 Å². The van der Waals surface area contributed by atoms with Crippen molar-refractivity contribution >= 4 is 29.7 Å². The van der Waals surface area contributed by atoms with Gasteiger partial charge in [-0.15, -0.1) is 11.3 Å². The van der Waals surface area contributed by atoms with E-state index in [4.69, 9.17) is 4.74 Å². The molecular formula is C18H16N4O4S. The van der Waals surface area contributed by atoms with Gasteiger partial charge in [0.2, 0.25) is 6.41 Å². The molecule has 0 bridgehead atoms. The van der Waals surface area contributed by atoms with E-state index < -0.39 is 12.1 Å². The van der Waals surface area contributed by atoms with Crippen LogP contribution in [0.15, 0.2) is 29.8 Å². The highest BCUT2D eigenvalue weighted by Crippen LogP contribution is 2.26. The Balaban J connectivity index is 1.76. The van der Waals surface area contributed by atoms with Crippen LogP contribution < -0.4 is 15.4 Å². The third-order valence-corrected chi connectivity index (χ3v) is 4.57. The molecule has 0 spiro atoms. The Morgan fingerprint density at radius 1 is 1.52 bits per heavy atom. The minimum Gasteiger partial charge on any atom is -0.497 e. The minimum atomic E-state index is -0.686. The van der Waals surface area contributed by atoms with Crippen LogP contribution in [-0.2, 0) is 11.3 Å². The standard InChI is InChI=1S/C18H16N4O4S/c1-26-14-4-2-12-9-22(17(24)15(12)8-14)10-13(21-18(25)20-11-23)3-5-16-19-6-7-27-16/h2,4,6-8,11,13H,9-10H2,1H3,(H2,20,21,23,25)/t13-/m1/s1. The number of methoxy groups -OCH3 is 1. The van der Waals surface area contributed by atoms with Crippen LogP contribution in [0, 0.1) is 11.8 Å². The molecule has 0 aliphatic carbocycles. The number of fused-ring (bicyclic) bond motifs is 1. The zero-order chi connectivity index (χ0) is 19.2. The maximum Gasteiger partial charge on any atom is 0.322 e. The average Bonchev–Trinajstić information content (AvgIpc) is 3.28. The van der Waals surface area contributed by atoms with Crippen LogP contribution in [0.25, 0.3) is 0 Å². The highest BCUT2D eigenvalue weighted by Gasteiger charge is 2.29. The first-order chi connectivity index (χ1) is 13.1. The monoisotopic (exact) mass is 384 g/mol. The third-order valence-electron chi connectivity index (χ3n) is 3.88. The van der Waals surface area contributed by atoms with Gasteiger partial charge in [0, 0.05) is 23.7 Å². The quantitative estimate of drug-likeness (QED) is 0.591. The molecule has 0 fully saturated rings. The summed E-state index contributed by atoms with van der Waals surface area (Å²) >= 11 is 1.37. The van der Waals surface area contributed by atoms with E-state index in [-0.39, 0.29) is 18.9 Å². The molecule has 1 atom stereocenters. The van der Waals surface area contributed by atoms with E-state index in [0.29, 0.717) is 22.9 Å². The molecule has 1 aromatic heterocycles. The van der Waals surface area contributed by atoms with E-state index in [9.17, 15) is 14.4 Å². The average molecular weight is 384 g/mol. The summed E-state index contributed by atoms with van der Waals surface area (Å²) < 4.78 is 5.17. The molecule has 0 saturated carbocycles. The Labute approximate surface area is 159 Å². The van der Waals surface area contributed by atoms with Crippen molar-refractivity contribution in [3.05, 3.63) is 45.9 Å². The molecule has 27 heavy (non-hydrogen) atoms. The maximum absolute atomic E-state index is 12.7. The number of hydrogen-bond donors (Lipinski definition) is 2. The first kappa shape index (κ1) is 18.4. The number of imide groups is 1. The van der Waals surface area contributed by atoms with Gasteiger partial charge in [-0.2, -0.15) is 0 Å². The van der Waals surface area contributed by atoms with E-state index in [0.717, 1.165) is 5.56 Å². The van der Waals surface area contributed by atoms with Crippen molar-refractivity contribution in [1.29, 1.82) is 0 Å². The second-order valence-electron chi connectivity index (χ2n) is 5.60. The molecule has 0 unspecified atom stereocenters. The summed E-state index contributed by atoms with van der Waals surface area (Å²) in [6.45, 7) is 0.574. The Hall–Kier alpha value is -3.38. The molecule has 9 heteroatoms. The van der Waals surface area contributed by atoms with Crippen molar-refractivity contribution in [2.75, 3.05) is 13.7 Å². The van der Waals surface area contributed by atoms with Gasteiger partial charge in [0.25, 0.3) is 5.91 Å². The minimum absolute atomic E-state index is 0.164. The molecule has 0 saturated heterocycles. The Morgan fingerprint density at radius 3 is 3.07 bits per heavy atom. The predicted molar refractivity (Wildman–Crippen MR) is 98.2 cm³/mol. The fourth-order valence-electron chi connectivity index (χ4n) is 2.65. The number of nitrogens with zero attached hydrogens (tertiary/aromatic N) is 2. The van der Waals surface area contributed by atoms with Crippen molar-refractivity contribution in [2.24, 2.45) is 0 Å². The van der Waals surface area contributed by atoms with Crippen LogP contribution in [0.1, 0.15) is 20.9 Å². The molecule has 4 amide bonds. The number of rotatable bonds is 5. The number of aromatic nitrogens is 1. The normalized spacial score (nSPS) is 13.2. The van der Waals surface area contributed by atoms with Crippen LogP contribution in [0.3, 0.4) is 0 Å². The number of ether oxygens (including phenoxy) is 1. The van der Waals surface area contributed by atoms with Gasteiger partial charge < -0.3 is 15.0 Å². The number of amides is 4. The number of carbonyl (C=O) groups is 3. The number of hydrogen-bond acceptors (Lipinski definition) is 6. The molecule has 3 rings (SSSR count). The molecule has 138 valence electrons. The van der Waals surface area contributed by atoms with Crippen molar-refractivity contribution in [2.45, 2.75) is 12.6 Å². The van der Waals surface area contributed by atoms with Gasteiger partial charge in [0.15, 0.2) is 5.01 Å². The topological polar surface area (TPSA) is 101 Å². The molecule has 2 N–H and O–H groups in total. The van der Waals surface area contributed by atoms with Crippen molar-refractivity contribution in [3.8, 4) is 17.6 Å². The number of benzene rings is 1. The van der Waals surface area contributed by atoms with Crippen molar-refractivity contribution < 1.29 is 19.1 Å². The predicted octanol–water partition coefficient (Wildman–Crippen LogP) is 0.983. The van der Waals surface area contributed by atoms with E-state index >= 15 is 0 Å².